The monoisotopic (exact) mass is 402 g/mol. The number of anilines is 1. The molecule has 0 unspecified atom stereocenters. The molecule has 8 heteroatoms. The van der Waals surface area contributed by atoms with Crippen LogP contribution in [0.2, 0.25) is 0 Å². The molecule has 0 bridgehead atoms. The second-order valence-electron chi connectivity index (χ2n) is 6.48. The van der Waals surface area contributed by atoms with Gasteiger partial charge in [-0.05, 0) is 41.8 Å². The van der Waals surface area contributed by atoms with Crippen LogP contribution in [0.4, 0.5) is 14.9 Å². The fraction of sp³-hybridized carbons (Fsp3) is 0.286. The summed E-state index contributed by atoms with van der Waals surface area (Å²) in [6.07, 6.45) is -0.336. The third-order valence-electron chi connectivity index (χ3n) is 4.31. The Balaban J connectivity index is 1.85. The number of ether oxygens (including phenoxy) is 1. The Morgan fingerprint density at radius 2 is 1.66 bits per heavy atom. The molecular weight excluding hydrogens is 379 g/mol. The highest BCUT2D eigenvalue weighted by Gasteiger charge is 2.25. The number of carboxylic acid groups (broad SMARTS) is 1. The number of carbonyl (C=O) groups excluding carboxylic acids is 2. The molecule has 7 nitrogen and oxygen atoms in total. The third kappa shape index (κ3) is 6.60. The van der Waals surface area contributed by atoms with E-state index >= 15 is 0 Å². The van der Waals surface area contributed by atoms with Gasteiger partial charge >= 0.3 is 12.1 Å². The third-order valence-corrected chi connectivity index (χ3v) is 4.31. The fourth-order valence-electron chi connectivity index (χ4n) is 2.67. The van der Waals surface area contributed by atoms with Crippen molar-refractivity contribution in [3.05, 3.63) is 65.5 Å². The van der Waals surface area contributed by atoms with Crippen molar-refractivity contribution in [1.29, 1.82) is 0 Å². The molecule has 154 valence electrons. The van der Waals surface area contributed by atoms with Crippen LogP contribution < -0.4 is 5.32 Å². The van der Waals surface area contributed by atoms with Crippen molar-refractivity contribution in [1.82, 2.24) is 4.90 Å². The van der Waals surface area contributed by atoms with E-state index in [1.165, 1.54) is 19.2 Å². The van der Waals surface area contributed by atoms with E-state index < -0.39 is 18.1 Å². The maximum absolute atomic E-state index is 12.9. The van der Waals surface area contributed by atoms with Gasteiger partial charge in [-0.15, -0.1) is 0 Å². The molecule has 0 radical (unpaired) electrons. The lowest BCUT2D eigenvalue weighted by Gasteiger charge is -2.23. The van der Waals surface area contributed by atoms with Gasteiger partial charge in [0.05, 0.1) is 6.42 Å². The second-order valence-corrected chi connectivity index (χ2v) is 6.48. The van der Waals surface area contributed by atoms with E-state index in [2.05, 4.69) is 5.32 Å². The average molecular weight is 402 g/mol. The number of halogens is 1. The number of rotatable bonds is 8. The number of hydrogen-bond acceptors (Lipinski definition) is 4. The summed E-state index contributed by atoms with van der Waals surface area (Å²) in [4.78, 5) is 36.2. The number of amides is 2. The summed E-state index contributed by atoms with van der Waals surface area (Å²) >= 11 is 0. The molecule has 0 heterocycles. The Kier molecular flexibility index (Phi) is 7.70. The van der Waals surface area contributed by atoms with Gasteiger partial charge in [-0.25, -0.2) is 14.0 Å². The van der Waals surface area contributed by atoms with Gasteiger partial charge in [-0.3, -0.25) is 9.69 Å². The summed E-state index contributed by atoms with van der Waals surface area (Å²) in [5, 5.41) is 11.8. The number of nitrogens with one attached hydrogen (secondary N) is 1. The molecule has 1 atom stereocenters. The number of benzene rings is 2. The zero-order chi connectivity index (χ0) is 21.4. The SMILES string of the molecule is CC[C@H](C(=O)O)N(C)C(=O)OCc1ccc(NC(=O)Cc2ccc(F)cc2)cc1. The first-order valence-electron chi connectivity index (χ1n) is 9.05. The Labute approximate surface area is 168 Å². The zero-order valence-corrected chi connectivity index (χ0v) is 16.2. The topological polar surface area (TPSA) is 95.9 Å². The van der Waals surface area contributed by atoms with Gasteiger partial charge in [0, 0.05) is 12.7 Å². The number of carboxylic acids is 1. The lowest BCUT2D eigenvalue weighted by Crippen LogP contribution is -2.42. The van der Waals surface area contributed by atoms with E-state index in [0.717, 1.165) is 4.90 Å². The van der Waals surface area contributed by atoms with Crippen LogP contribution in [-0.4, -0.2) is 41.1 Å². The van der Waals surface area contributed by atoms with Crippen LogP contribution >= 0.6 is 0 Å². The highest BCUT2D eigenvalue weighted by molar-refractivity contribution is 5.92. The number of hydrogen-bond donors (Lipinski definition) is 2. The second kappa shape index (κ2) is 10.2. The first kappa shape index (κ1) is 21.9. The zero-order valence-electron chi connectivity index (χ0n) is 16.2. The molecule has 0 aliphatic carbocycles. The minimum Gasteiger partial charge on any atom is -0.480 e. The Morgan fingerprint density at radius 3 is 2.21 bits per heavy atom. The molecule has 2 rings (SSSR count). The number of nitrogens with zero attached hydrogens (tertiary/aromatic N) is 1. The molecule has 2 N–H and O–H groups in total. The van der Waals surface area contributed by atoms with Crippen molar-refractivity contribution in [2.45, 2.75) is 32.4 Å². The smallest absolute Gasteiger partial charge is 0.410 e. The summed E-state index contributed by atoms with van der Waals surface area (Å²) in [6, 6.07) is 11.5. The van der Waals surface area contributed by atoms with Gasteiger partial charge in [0.15, 0.2) is 0 Å². The van der Waals surface area contributed by atoms with Crippen LogP contribution in [0.5, 0.6) is 0 Å². The quantitative estimate of drug-likeness (QED) is 0.705. The van der Waals surface area contributed by atoms with Gasteiger partial charge in [0.25, 0.3) is 0 Å². The first-order chi connectivity index (χ1) is 13.8. The Morgan fingerprint density at radius 1 is 1.07 bits per heavy atom. The van der Waals surface area contributed by atoms with Gasteiger partial charge in [0.2, 0.25) is 5.91 Å². The predicted molar refractivity (Wildman–Crippen MR) is 105 cm³/mol. The van der Waals surface area contributed by atoms with E-state index in [1.807, 2.05) is 0 Å². The standard InChI is InChI=1S/C21H23FN2O5/c1-3-18(20(26)27)24(2)21(28)29-13-15-6-10-17(11-7-15)23-19(25)12-14-4-8-16(22)9-5-14/h4-11,18H,3,12-13H2,1-2H3,(H,23,25)(H,26,27)/t18-/m1/s1. The molecule has 0 aromatic heterocycles. The van der Waals surface area contributed by atoms with E-state index in [4.69, 9.17) is 9.84 Å². The lowest BCUT2D eigenvalue weighted by atomic mass is 10.1. The molecule has 0 saturated heterocycles. The number of carbonyl (C=O) groups is 3. The van der Waals surface area contributed by atoms with Crippen molar-refractivity contribution in [3.63, 3.8) is 0 Å². The van der Waals surface area contributed by atoms with Crippen molar-refractivity contribution >= 4 is 23.7 Å². The van der Waals surface area contributed by atoms with E-state index in [9.17, 15) is 18.8 Å². The summed E-state index contributed by atoms with van der Waals surface area (Å²) in [5.74, 6) is -1.69. The van der Waals surface area contributed by atoms with Crippen LogP contribution in [0.15, 0.2) is 48.5 Å². The summed E-state index contributed by atoms with van der Waals surface area (Å²) in [5.41, 5.74) is 1.95. The van der Waals surface area contributed by atoms with E-state index in [-0.39, 0.29) is 31.2 Å². The Bertz CT molecular complexity index is 852. The highest BCUT2D eigenvalue weighted by Crippen LogP contribution is 2.13. The number of likely N-dealkylation sites (N-methyl/N-ethyl adjacent to an activating group) is 1. The first-order valence-corrected chi connectivity index (χ1v) is 9.05. The minimum absolute atomic E-state index is 0.0248. The predicted octanol–water partition coefficient (Wildman–Crippen LogP) is 3.44. The molecule has 0 spiro atoms. The highest BCUT2D eigenvalue weighted by atomic mass is 19.1. The summed E-state index contributed by atoms with van der Waals surface area (Å²) in [7, 11) is 1.38. The van der Waals surface area contributed by atoms with Crippen LogP contribution in [0.3, 0.4) is 0 Å². The van der Waals surface area contributed by atoms with Crippen molar-refractivity contribution in [2.75, 3.05) is 12.4 Å². The molecule has 2 aromatic carbocycles. The Hall–Kier alpha value is -3.42. The normalized spacial score (nSPS) is 11.4. The van der Waals surface area contributed by atoms with Crippen LogP contribution in [0.1, 0.15) is 24.5 Å². The van der Waals surface area contributed by atoms with Crippen LogP contribution in [0.25, 0.3) is 0 Å². The fourth-order valence-corrected chi connectivity index (χ4v) is 2.67. The van der Waals surface area contributed by atoms with Crippen molar-refractivity contribution in [2.24, 2.45) is 0 Å². The van der Waals surface area contributed by atoms with Gasteiger partial charge in [-0.2, -0.15) is 0 Å². The van der Waals surface area contributed by atoms with Crippen molar-refractivity contribution in [3.8, 4) is 0 Å². The molecule has 0 aliphatic heterocycles. The molecular formula is C21H23FN2O5. The molecule has 0 fully saturated rings. The largest absolute Gasteiger partial charge is 0.480 e. The van der Waals surface area contributed by atoms with Gasteiger partial charge < -0.3 is 15.2 Å². The summed E-state index contributed by atoms with van der Waals surface area (Å²) < 4.78 is 18.0. The van der Waals surface area contributed by atoms with Crippen LogP contribution in [-0.2, 0) is 27.4 Å². The number of aliphatic carboxylic acids is 1. The minimum atomic E-state index is -1.09. The van der Waals surface area contributed by atoms with Gasteiger partial charge in [-0.1, -0.05) is 31.2 Å². The molecule has 0 saturated carbocycles. The summed E-state index contributed by atoms with van der Waals surface area (Å²) in [6.45, 7) is 1.65. The van der Waals surface area contributed by atoms with Gasteiger partial charge in [0.1, 0.15) is 18.5 Å². The van der Waals surface area contributed by atoms with E-state index in [0.29, 0.717) is 16.8 Å². The lowest BCUT2D eigenvalue weighted by molar-refractivity contribution is -0.142. The molecule has 2 aromatic rings. The van der Waals surface area contributed by atoms with Crippen LogP contribution in [0, 0.1) is 5.82 Å². The molecule has 2 amide bonds. The average Bonchev–Trinajstić information content (AvgIpc) is 2.69. The maximum Gasteiger partial charge on any atom is 0.410 e. The van der Waals surface area contributed by atoms with Crippen molar-refractivity contribution < 1.29 is 28.6 Å². The molecule has 29 heavy (non-hydrogen) atoms. The molecule has 0 aliphatic rings. The van der Waals surface area contributed by atoms with E-state index in [1.54, 1.807) is 43.3 Å². The maximum atomic E-state index is 12.9.